The van der Waals surface area contributed by atoms with Gasteiger partial charge in [0.25, 0.3) is 17.7 Å². The number of hydrogen-bond acceptors (Lipinski definition) is 15. The standard InChI is InChI=1S/C47H71N15O9/c1-26(48)38(65)60-35(16-11-24-57-46(54)55)40(67)59-28(3)41(68)62(42(69)29(4)61-25-22-34(51)43(61)70)44(71)47(31-18-20-32(49)21-19-31,36(63)17-9-8-14-30-12-6-5-7-13-30)37(64)27(2)58-39(66)33(50)15-10-23-56-45(52)53/h5-7,12-13,18-21,26-29,33-35H,8-11,14-17,22-25,48-51H2,1-4H3,(H,58,66)(H,59,67)(H,60,65)(H4,52,53,56)(H4,54,55,57)/t26-,27-,28-,29-,33-,34+,35-,47?/m0/s1. The van der Waals surface area contributed by atoms with E-state index in [1.54, 1.807) is 0 Å². The highest BCUT2D eigenvalue weighted by molar-refractivity contribution is 6.35. The van der Waals surface area contributed by atoms with Crippen LogP contribution in [0.2, 0.25) is 0 Å². The second-order valence-corrected chi connectivity index (χ2v) is 17.7. The van der Waals surface area contributed by atoms with Crippen LogP contribution in [0.25, 0.3) is 0 Å². The summed E-state index contributed by atoms with van der Waals surface area (Å²) in [4.78, 5) is 131. The van der Waals surface area contributed by atoms with Gasteiger partial charge in [-0.05, 0) is 102 Å². The molecule has 1 aliphatic heterocycles. The molecule has 8 atom stereocenters. The fourth-order valence-electron chi connectivity index (χ4n) is 7.93. The van der Waals surface area contributed by atoms with Crippen molar-refractivity contribution in [1.82, 2.24) is 36.4 Å². The Morgan fingerprint density at radius 1 is 0.746 bits per heavy atom. The summed E-state index contributed by atoms with van der Waals surface area (Å²) in [5.74, 6) is -10.7. The second-order valence-electron chi connectivity index (χ2n) is 17.7. The highest BCUT2D eigenvalue weighted by Gasteiger charge is 2.59. The third kappa shape index (κ3) is 15.9. The van der Waals surface area contributed by atoms with Crippen molar-refractivity contribution >= 4 is 70.5 Å². The molecule has 0 aliphatic carbocycles. The number of carbonyl (C=O) groups is 9. The first kappa shape index (κ1) is 58.0. The maximum Gasteiger partial charge on any atom is 0.262 e. The molecule has 0 radical (unpaired) electrons. The molecule has 2 aromatic rings. The molecule has 1 saturated heterocycles. The van der Waals surface area contributed by atoms with Crippen LogP contribution in [0.5, 0.6) is 0 Å². The lowest BCUT2D eigenvalue weighted by atomic mass is 9.68. The number of guanidine groups is 2. The minimum absolute atomic E-state index is 0.0532. The van der Waals surface area contributed by atoms with Crippen molar-refractivity contribution < 1.29 is 43.2 Å². The molecule has 1 aliphatic rings. The lowest BCUT2D eigenvalue weighted by Gasteiger charge is -2.38. The average Bonchev–Trinajstić information content (AvgIpc) is 3.66. The van der Waals surface area contributed by atoms with Crippen LogP contribution in [-0.4, -0.2) is 137 Å². The molecule has 24 nitrogen and oxygen atoms in total. The topological polar surface area (TPSA) is 424 Å². The highest BCUT2D eigenvalue weighted by atomic mass is 16.2. The largest absolute Gasteiger partial charge is 0.399 e. The van der Waals surface area contributed by atoms with Crippen molar-refractivity contribution in [1.29, 1.82) is 10.8 Å². The Hall–Kier alpha value is -7.31. The monoisotopic (exact) mass is 990 g/mol. The van der Waals surface area contributed by atoms with Crippen molar-refractivity contribution in [2.75, 3.05) is 25.4 Å². The van der Waals surface area contributed by atoms with Crippen LogP contribution in [0.4, 0.5) is 5.69 Å². The van der Waals surface area contributed by atoms with Gasteiger partial charge in [0, 0.05) is 31.7 Å². The molecule has 1 heterocycles. The Kier molecular flexibility index (Phi) is 22.2. The third-order valence-corrected chi connectivity index (χ3v) is 12.0. The Morgan fingerprint density at radius 3 is 1.87 bits per heavy atom. The molecule has 3 rings (SSSR count). The summed E-state index contributed by atoms with van der Waals surface area (Å²) < 4.78 is 0. The molecule has 0 saturated carbocycles. The van der Waals surface area contributed by atoms with Crippen LogP contribution in [0, 0.1) is 10.8 Å². The van der Waals surface area contributed by atoms with Crippen molar-refractivity contribution in [2.24, 2.45) is 28.7 Å². The molecule has 1 fully saturated rings. The molecule has 19 N–H and O–H groups in total. The number of hydrogen-bond donors (Lipinski definition) is 13. The van der Waals surface area contributed by atoms with Crippen molar-refractivity contribution in [3.05, 3.63) is 65.7 Å². The van der Waals surface area contributed by atoms with Gasteiger partial charge in [0.2, 0.25) is 23.6 Å². The zero-order valence-electron chi connectivity index (χ0n) is 40.8. The Labute approximate surface area is 412 Å². The quantitative estimate of drug-likeness (QED) is 0.0146. The van der Waals surface area contributed by atoms with Crippen molar-refractivity contribution in [3.8, 4) is 0 Å². The van der Waals surface area contributed by atoms with E-state index in [4.69, 9.17) is 45.2 Å². The maximum absolute atomic E-state index is 16.0. The first-order chi connectivity index (χ1) is 33.4. The van der Waals surface area contributed by atoms with Gasteiger partial charge in [-0.25, -0.2) is 4.90 Å². The van der Waals surface area contributed by atoms with E-state index in [-0.39, 0.29) is 86.2 Å². The number of nitrogens with one attached hydrogen (secondary N) is 7. The lowest BCUT2D eigenvalue weighted by Crippen LogP contribution is -2.67. The summed E-state index contributed by atoms with van der Waals surface area (Å²) in [6, 6.07) is 4.54. The number of Topliss-reactive ketones (excluding diaryl/α,β-unsaturated/α-hetero) is 2. The zero-order valence-corrected chi connectivity index (χ0v) is 40.8. The van der Waals surface area contributed by atoms with E-state index in [2.05, 4.69) is 26.6 Å². The number of imide groups is 3. The van der Waals surface area contributed by atoms with Gasteiger partial charge in [0.1, 0.15) is 18.1 Å². The molecule has 388 valence electrons. The van der Waals surface area contributed by atoms with Crippen LogP contribution in [0.15, 0.2) is 54.6 Å². The van der Waals surface area contributed by atoms with E-state index >= 15 is 24.0 Å². The molecule has 0 bridgehead atoms. The van der Waals surface area contributed by atoms with Crippen LogP contribution in [-0.2, 0) is 55.0 Å². The smallest absolute Gasteiger partial charge is 0.262 e. The number of carbonyl (C=O) groups excluding carboxylic acids is 9. The normalized spacial score (nSPS) is 16.6. The number of nitrogen functional groups attached to an aromatic ring is 1. The Morgan fingerprint density at radius 2 is 1.32 bits per heavy atom. The highest BCUT2D eigenvalue weighted by Crippen LogP contribution is 2.35. The summed E-state index contributed by atoms with van der Waals surface area (Å²) in [6.45, 7) is 5.19. The number of nitrogens with two attached hydrogens (primary N) is 6. The molecule has 0 spiro atoms. The first-order valence-electron chi connectivity index (χ1n) is 23.5. The number of amides is 7. The van der Waals surface area contributed by atoms with Crippen LogP contribution in [0.1, 0.15) is 90.2 Å². The fraction of sp³-hybridized carbons (Fsp3) is 0.511. The van der Waals surface area contributed by atoms with E-state index in [9.17, 15) is 19.2 Å². The van der Waals surface area contributed by atoms with Gasteiger partial charge in [-0.15, -0.1) is 0 Å². The third-order valence-electron chi connectivity index (χ3n) is 12.0. The van der Waals surface area contributed by atoms with E-state index in [0.29, 0.717) is 12.8 Å². The van der Waals surface area contributed by atoms with Gasteiger partial charge in [-0.2, -0.15) is 0 Å². The minimum Gasteiger partial charge on any atom is -0.399 e. The molecule has 7 amide bonds. The SMILES string of the molecule is C[C@H](N)C(=O)N[C@@H](CCCNC(=N)N)C(=O)N[C@@H](C)C(=O)N(C(=O)[C@H](C)N1CC[C@@H](N)C1=O)C(=O)C(C(=O)CCCCc1ccccc1)(C(=O)[C@H](C)NC(=O)[C@@H](N)CCCNC(=N)N)c1ccc(N)cc1. The number of aryl methyl sites for hydroxylation is 1. The van der Waals surface area contributed by atoms with Gasteiger partial charge >= 0.3 is 0 Å². The van der Waals surface area contributed by atoms with Crippen molar-refractivity contribution in [2.45, 2.75) is 133 Å². The number of likely N-dealkylation sites (tertiary alicyclic amines) is 1. The van der Waals surface area contributed by atoms with Crippen LogP contribution < -0.4 is 61.0 Å². The number of rotatable bonds is 27. The summed E-state index contributed by atoms with van der Waals surface area (Å²) >= 11 is 0. The number of ketones is 2. The van der Waals surface area contributed by atoms with Gasteiger partial charge in [0.05, 0.1) is 24.2 Å². The summed E-state index contributed by atoms with van der Waals surface area (Å²) in [5.41, 5.74) is 32.4. The van der Waals surface area contributed by atoms with Crippen LogP contribution in [0.3, 0.4) is 0 Å². The maximum atomic E-state index is 16.0. The second kappa shape index (κ2) is 27.2. The lowest BCUT2D eigenvalue weighted by molar-refractivity contribution is -0.164. The molecule has 2 aromatic carbocycles. The summed E-state index contributed by atoms with van der Waals surface area (Å²) in [5, 5.41) is 27.4. The molecule has 71 heavy (non-hydrogen) atoms. The van der Waals surface area contributed by atoms with Gasteiger partial charge < -0.3 is 65.9 Å². The number of unbranched alkanes of at least 4 members (excludes halogenated alkanes) is 1. The van der Waals surface area contributed by atoms with E-state index in [1.165, 1.54) is 45.0 Å². The molecule has 1 unspecified atom stereocenters. The number of benzene rings is 2. The zero-order chi connectivity index (χ0) is 53.2. The number of anilines is 1. The van der Waals surface area contributed by atoms with Crippen molar-refractivity contribution in [3.63, 3.8) is 0 Å². The molecule has 0 aromatic heterocycles. The summed E-state index contributed by atoms with van der Waals surface area (Å²) in [7, 11) is 0. The Balaban J connectivity index is 2.25. The van der Waals surface area contributed by atoms with E-state index in [1.807, 2.05) is 30.3 Å². The Bertz CT molecular complexity index is 2260. The van der Waals surface area contributed by atoms with Crippen LogP contribution >= 0.6 is 0 Å². The summed E-state index contributed by atoms with van der Waals surface area (Å²) in [6.07, 6.45) is 1.07. The molecular formula is C47H71N15O9. The first-order valence-corrected chi connectivity index (χ1v) is 23.5. The van der Waals surface area contributed by atoms with E-state index in [0.717, 1.165) is 17.4 Å². The molecule has 24 heteroatoms. The van der Waals surface area contributed by atoms with Gasteiger partial charge in [-0.3, -0.25) is 54.0 Å². The molecular weight excluding hydrogens is 919 g/mol. The van der Waals surface area contributed by atoms with E-state index < -0.39 is 107 Å². The predicted molar refractivity (Wildman–Crippen MR) is 264 cm³/mol. The fourth-order valence-corrected chi connectivity index (χ4v) is 7.93. The van der Waals surface area contributed by atoms with Gasteiger partial charge in [-0.1, -0.05) is 42.5 Å². The predicted octanol–water partition coefficient (Wildman–Crippen LogP) is -2.42. The number of nitrogens with zero attached hydrogens (tertiary/aromatic N) is 2. The van der Waals surface area contributed by atoms with Gasteiger partial charge in [0.15, 0.2) is 28.9 Å². The average molecular weight is 990 g/mol. The minimum atomic E-state index is -3.08.